The van der Waals surface area contributed by atoms with E-state index in [0.29, 0.717) is 23.9 Å². The second kappa shape index (κ2) is 9.53. The van der Waals surface area contributed by atoms with Gasteiger partial charge in [-0.15, -0.1) is 0 Å². The molecular weight excluding hydrogens is 435 g/mol. The molecule has 174 valence electrons. The number of primary amides is 1. The number of aromatic nitrogens is 2. The summed E-state index contributed by atoms with van der Waals surface area (Å²) in [4.78, 5) is 12.2. The Morgan fingerprint density at radius 1 is 0.971 bits per heavy atom. The fourth-order valence-electron chi connectivity index (χ4n) is 3.61. The number of rotatable bonds is 8. The molecule has 0 spiro atoms. The van der Waals surface area contributed by atoms with E-state index in [1.54, 1.807) is 12.1 Å². The standard InChI is InChI=1S/C25H25FN6O2/c1-14-11-16(12-15(2)22(14)33)13-28-24-21(23(27)34)25(32-31-24)30-20-9-7-19(8-10-20)29-18-5-3-17(26)4-6-18/h3-12,29,33H,13H2,1-2H3,(H2,27,34)(H3,28,30,31,32). The van der Waals surface area contributed by atoms with Gasteiger partial charge in [-0.2, -0.15) is 5.10 Å². The van der Waals surface area contributed by atoms with Crippen molar-refractivity contribution in [2.75, 3.05) is 16.0 Å². The molecule has 7 N–H and O–H groups in total. The van der Waals surface area contributed by atoms with Gasteiger partial charge in [-0.1, -0.05) is 12.1 Å². The number of nitrogens with one attached hydrogen (secondary N) is 4. The van der Waals surface area contributed by atoms with E-state index < -0.39 is 5.91 Å². The summed E-state index contributed by atoms with van der Waals surface area (Å²) >= 11 is 0. The molecule has 4 aromatic rings. The summed E-state index contributed by atoms with van der Waals surface area (Å²) in [6.45, 7) is 4.08. The van der Waals surface area contributed by atoms with Crippen LogP contribution in [0.4, 0.5) is 33.1 Å². The van der Waals surface area contributed by atoms with Crippen LogP contribution in [-0.2, 0) is 6.54 Å². The number of amides is 1. The molecule has 3 aromatic carbocycles. The Kier molecular flexibility index (Phi) is 6.35. The van der Waals surface area contributed by atoms with Crippen LogP contribution in [0.1, 0.15) is 27.0 Å². The first kappa shape index (κ1) is 22.7. The lowest BCUT2D eigenvalue weighted by Crippen LogP contribution is -2.15. The molecule has 0 aliphatic carbocycles. The Bertz CT molecular complexity index is 1290. The predicted octanol–water partition coefficient (Wildman–Crippen LogP) is 5.07. The van der Waals surface area contributed by atoms with E-state index in [1.807, 2.05) is 50.2 Å². The Morgan fingerprint density at radius 3 is 2.06 bits per heavy atom. The van der Waals surface area contributed by atoms with Crippen molar-refractivity contribution in [2.45, 2.75) is 20.4 Å². The van der Waals surface area contributed by atoms with Gasteiger partial charge in [-0.3, -0.25) is 9.89 Å². The van der Waals surface area contributed by atoms with Gasteiger partial charge in [0, 0.05) is 23.6 Å². The van der Waals surface area contributed by atoms with Crippen LogP contribution in [0.25, 0.3) is 0 Å². The summed E-state index contributed by atoms with van der Waals surface area (Å²) in [6, 6.07) is 17.1. The van der Waals surface area contributed by atoms with Crippen molar-refractivity contribution in [1.82, 2.24) is 10.2 Å². The molecule has 1 amide bonds. The quantitative estimate of drug-likeness (QED) is 0.218. The van der Waals surface area contributed by atoms with Crippen LogP contribution in [0.2, 0.25) is 0 Å². The Morgan fingerprint density at radius 2 is 1.50 bits per heavy atom. The summed E-state index contributed by atoms with van der Waals surface area (Å²) < 4.78 is 13.1. The Hall–Kier alpha value is -4.53. The van der Waals surface area contributed by atoms with Crippen molar-refractivity contribution in [3.8, 4) is 5.75 Å². The van der Waals surface area contributed by atoms with Crippen LogP contribution < -0.4 is 21.7 Å². The van der Waals surface area contributed by atoms with Crippen molar-refractivity contribution >= 4 is 34.6 Å². The van der Waals surface area contributed by atoms with Crippen LogP contribution in [-0.4, -0.2) is 21.2 Å². The van der Waals surface area contributed by atoms with E-state index in [4.69, 9.17) is 5.73 Å². The lowest BCUT2D eigenvalue weighted by molar-refractivity contribution is 0.100. The van der Waals surface area contributed by atoms with Crippen molar-refractivity contribution < 1.29 is 14.3 Å². The molecule has 0 saturated heterocycles. The molecule has 0 unspecified atom stereocenters. The van der Waals surface area contributed by atoms with Crippen LogP contribution in [0.15, 0.2) is 60.7 Å². The monoisotopic (exact) mass is 460 g/mol. The van der Waals surface area contributed by atoms with E-state index in [0.717, 1.165) is 28.1 Å². The first-order valence-corrected chi connectivity index (χ1v) is 10.6. The van der Waals surface area contributed by atoms with Gasteiger partial charge in [0.1, 0.15) is 22.9 Å². The van der Waals surface area contributed by atoms with Crippen molar-refractivity contribution in [1.29, 1.82) is 0 Å². The van der Waals surface area contributed by atoms with Crippen LogP contribution >= 0.6 is 0 Å². The summed E-state index contributed by atoms with van der Waals surface area (Å²) in [6.07, 6.45) is 0. The van der Waals surface area contributed by atoms with Crippen LogP contribution in [0.3, 0.4) is 0 Å². The van der Waals surface area contributed by atoms with Crippen molar-refractivity contribution in [3.05, 3.63) is 88.7 Å². The molecule has 9 heteroatoms. The average molecular weight is 461 g/mol. The number of nitrogens with zero attached hydrogens (tertiary/aromatic N) is 1. The van der Waals surface area contributed by atoms with Gasteiger partial charge >= 0.3 is 0 Å². The minimum atomic E-state index is -0.633. The molecule has 0 fully saturated rings. The lowest BCUT2D eigenvalue weighted by Gasteiger charge is -2.10. The molecule has 1 heterocycles. The number of benzene rings is 3. The zero-order valence-electron chi connectivity index (χ0n) is 18.7. The molecule has 34 heavy (non-hydrogen) atoms. The van der Waals surface area contributed by atoms with Crippen LogP contribution in [0.5, 0.6) is 5.75 Å². The predicted molar refractivity (Wildman–Crippen MR) is 131 cm³/mol. The number of carbonyl (C=O) groups excluding carboxylic acids is 1. The van der Waals surface area contributed by atoms with Gasteiger partial charge in [-0.05, 0) is 79.1 Å². The smallest absolute Gasteiger partial charge is 0.256 e. The zero-order chi connectivity index (χ0) is 24.2. The number of nitrogens with two attached hydrogens (primary N) is 1. The Labute approximate surface area is 196 Å². The minimum Gasteiger partial charge on any atom is -0.507 e. The highest BCUT2D eigenvalue weighted by Crippen LogP contribution is 2.27. The zero-order valence-corrected chi connectivity index (χ0v) is 18.7. The molecular formula is C25H25FN6O2. The fraction of sp³-hybridized carbons (Fsp3) is 0.120. The molecule has 0 bridgehead atoms. The van der Waals surface area contributed by atoms with E-state index in [2.05, 4.69) is 26.1 Å². The first-order valence-electron chi connectivity index (χ1n) is 10.6. The largest absolute Gasteiger partial charge is 0.507 e. The molecule has 0 radical (unpaired) electrons. The Balaban J connectivity index is 1.46. The molecule has 1 aromatic heterocycles. The molecule has 0 aliphatic rings. The number of aromatic amines is 1. The normalized spacial score (nSPS) is 10.7. The van der Waals surface area contributed by atoms with Gasteiger partial charge in [0.15, 0.2) is 5.82 Å². The summed E-state index contributed by atoms with van der Waals surface area (Å²) in [7, 11) is 0. The second-order valence-electron chi connectivity index (χ2n) is 7.95. The summed E-state index contributed by atoms with van der Waals surface area (Å²) in [5.41, 5.74) is 10.6. The third-order valence-electron chi connectivity index (χ3n) is 5.31. The molecule has 4 rings (SSSR count). The number of aryl methyl sites for hydroxylation is 2. The highest BCUT2D eigenvalue weighted by molar-refractivity contribution is 6.03. The molecule has 0 atom stereocenters. The highest BCUT2D eigenvalue weighted by atomic mass is 19.1. The molecule has 8 nitrogen and oxygen atoms in total. The van der Waals surface area contributed by atoms with E-state index in [1.165, 1.54) is 12.1 Å². The topological polar surface area (TPSA) is 128 Å². The number of anilines is 5. The number of halogens is 1. The van der Waals surface area contributed by atoms with Crippen molar-refractivity contribution in [2.24, 2.45) is 5.73 Å². The minimum absolute atomic E-state index is 0.209. The summed E-state index contributed by atoms with van der Waals surface area (Å²) in [5, 5.41) is 26.4. The fourth-order valence-corrected chi connectivity index (χ4v) is 3.61. The van der Waals surface area contributed by atoms with E-state index in [9.17, 15) is 14.3 Å². The van der Waals surface area contributed by atoms with Gasteiger partial charge in [0.2, 0.25) is 0 Å². The maximum absolute atomic E-state index is 13.1. The third-order valence-corrected chi connectivity index (χ3v) is 5.31. The first-order chi connectivity index (χ1) is 16.3. The van der Waals surface area contributed by atoms with E-state index in [-0.39, 0.29) is 17.1 Å². The SMILES string of the molecule is Cc1cc(CNc2[nH]nc(Nc3ccc(Nc4ccc(F)cc4)cc3)c2C(N)=O)cc(C)c1O. The maximum Gasteiger partial charge on any atom is 0.256 e. The number of hydrogen-bond acceptors (Lipinski definition) is 6. The number of phenolic OH excluding ortho intramolecular Hbond substituents is 1. The molecule has 0 aliphatic heterocycles. The lowest BCUT2D eigenvalue weighted by atomic mass is 10.1. The number of hydrogen-bond donors (Lipinski definition) is 6. The highest BCUT2D eigenvalue weighted by Gasteiger charge is 2.19. The van der Waals surface area contributed by atoms with Gasteiger partial charge in [-0.25, -0.2) is 4.39 Å². The van der Waals surface area contributed by atoms with Gasteiger partial charge < -0.3 is 26.8 Å². The van der Waals surface area contributed by atoms with E-state index >= 15 is 0 Å². The second-order valence-corrected chi connectivity index (χ2v) is 7.95. The average Bonchev–Trinajstić information content (AvgIpc) is 3.21. The number of H-pyrrole nitrogens is 1. The third kappa shape index (κ3) is 5.09. The van der Waals surface area contributed by atoms with Gasteiger partial charge in [0.05, 0.1) is 0 Å². The number of aromatic hydroxyl groups is 1. The summed E-state index contributed by atoms with van der Waals surface area (Å²) in [5.74, 6) is 0.0386. The van der Waals surface area contributed by atoms with Gasteiger partial charge in [0.25, 0.3) is 5.91 Å². The maximum atomic E-state index is 13.1. The number of carbonyl (C=O) groups is 1. The van der Waals surface area contributed by atoms with Crippen molar-refractivity contribution in [3.63, 3.8) is 0 Å². The molecule has 0 saturated carbocycles. The number of phenols is 1. The van der Waals surface area contributed by atoms with Crippen LogP contribution in [0, 0.1) is 19.7 Å².